The van der Waals surface area contributed by atoms with E-state index in [9.17, 15) is 21.6 Å². The lowest BCUT2D eigenvalue weighted by Gasteiger charge is -2.16. The molecule has 1 aromatic rings. The van der Waals surface area contributed by atoms with Gasteiger partial charge in [0.05, 0.1) is 35.2 Å². The molecular weight excluding hydrogens is 418 g/mol. The number of benzene rings is 1. The van der Waals surface area contributed by atoms with Crippen molar-refractivity contribution in [3.05, 3.63) is 24.3 Å². The number of carbonyl (C=O) groups excluding carboxylic acids is 1. The van der Waals surface area contributed by atoms with Gasteiger partial charge in [0.25, 0.3) is 0 Å². The summed E-state index contributed by atoms with van der Waals surface area (Å²) in [7, 11) is -6.15. The van der Waals surface area contributed by atoms with Gasteiger partial charge in [-0.05, 0) is 30.7 Å². The molecule has 10 heteroatoms. The number of rotatable bonds is 14. The van der Waals surface area contributed by atoms with Crippen molar-refractivity contribution in [2.75, 3.05) is 24.4 Å². The highest BCUT2D eigenvalue weighted by molar-refractivity contribution is 7.92. The summed E-state index contributed by atoms with van der Waals surface area (Å²) in [4.78, 5) is 11.9. The maximum Gasteiger partial charge on any atom is 0.248 e. The minimum absolute atomic E-state index is 0.0534. The van der Waals surface area contributed by atoms with E-state index < -0.39 is 43.0 Å². The topological polar surface area (TPSA) is 127 Å². The predicted molar refractivity (Wildman–Crippen MR) is 110 cm³/mol. The van der Waals surface area contributed by atoms with E-state index in [-0.39, 0.29) is 10.6 Å². The lowest BCUT2D eigenvalue weighted by atomic mass is 10.1. The third-order valence-electron chi connectivity index (χ3n) is 4.58. The van der Waals surface area contributed by atoms with E-state index in [1.807, 2.05) is 0 Å². The van der Waals surface area contributed by atoms with Gasteiger partial charge in [-0.15, -0.1) is 0 Å². The van der Waals surface area contributed by atoms with Gasteiger partial charge in [0, 0.05) is 0 Å². The Balaban J connectivity index is 2.79. The summed E-state index contributed by atoms with van der Waals surface area (Å²) in [6.45, 7) is 2.09. The van der Waals surface area contributed by atoms with Gasteiger partial charge in [0.2, 0.25) is 5.91 Å². The molecule has 2 N–H and O–H groups in total. The van der Waals surface area contributed by atoms with Crippen LogP contribution in [0.5, 0.6) is 5.75 Å². The number of amides is 1. The molecule has 0 bridgehead atoms. The number of hydrogen-bond acceptors (Lipinski definition) is 7. The van der Waals surface area contributed by atoms with Crippen molar-refractivity contribution in [2.24, 2.45) is 5.92 Å². The van der Waals surface area contributed by atoms with Gasteiger partial charge in [-0.25, -0.2) is 22.3 Å². The number of hydrogen-bond donors (Lipinski definition) is 2. The average molecular weight is 450 g/mol. The third kappa shape index (κ3) is 9.14. The Morgan fingerprint density at radius 3 is 2.14 bits per heavy atom. The standard InChI is InChI=1S/C19H31NO7S2/c1-3-4-5-6-7-8-13-28(23,24)14-16(19(21)20-22)15-29(25,26)18-11-9-17(27-2)10-12-18/h9-12,16,22H,3-8,13-15H2,1-2H3,(H,20,21). The van der Waals surface area contributed by atoms with Gasteiger partial charge in [-0.1, -0.05) is 39.0 Å². The van der Waals surface area contributed by atoms with E-state index in [0.29, 0.717) is 12.2 Å². The molecule has 1 rings (SSSR count). The number of unbranched alkanes of at least 4 members (excludes halogenated alkanes) is 5. The SMILES string of the molecule is CCCCCCCCS(=O)(=O)CC(CS(=O)(=O)c1ccc(OC)cc1)C(=O)NO. The van der Waals surface area contributed by atoms with Crippen LogP contribution >= 0.6 is 0 Å². The van der Waals surface area contributed by atoms with Crippen LogP contribution in [0.1, 0.15) is 45.4 Å². The zero-order chi connectivity index (χ0) is 21.9. The van der Waals surface area contributed by atoms with Crippen LogP contribution in [-0.2, 0) is 24.5 Å². The Morgan fingerprint density at radius 1 is 1.00 bits per heavy atom. The maximum atomic E-state index is 12.6. The quantitative estimate of drug-likeness (QED) is 0.254. The molecule has 1 atom stereocenters. The number of hydroxylamine groups is 1. The number of sulfone groups is 2. The molecule has 0 aliphatic rings. The van der Waals surface area contributed by atoms with Crippen LogP contribution in [-0.4, -0.2) is 52.3 Å². The summed E-state index contributed by atoms with van der Waals surface area (Å²) in [6, 6.07) is 5.58. The first-order chi connectivity index (χ1) is 13.6. The molecule has 0 aromatic heterocycles. The normalized spacial score (nSPS) is 13.1. The summed E-state index contributed by atoms with van der Waals surface area (Å²) in [5.74, 6) is -3.44. The monoisotopic (exact) mass is 449 g/mol. The summed E-state index contributed by atoms with van der Waals surface area (Å²) in [5, 5.41) is 8.93. The third-order valence-corrected chi connectivity index (χ3v) is 8.24. The van der Waals surface area contributed by atoms with Gasteiger partial charge in [-0.3, -0.25) is 10.0 Å². The Bertz CT molecular complexity index is 834. The van der Waals surface area contributed by atoms with Gasteiger partial charge >= 0.3 is 0 Å². The van der Waals surface area contributed by atoms with Crippen molar-refractivity contribution in [1.29, 1.82) is 0 Å². The zero-order valence-corrected chi connectivity index (χ0v) is 18.6. The fourth-order valence-electron chi connectivity index (χ4n) is 2.93. The average Bonchev–Trinajstić information content (AvgIpc) is 2.69. The van der Waals surface area contributed by atoms with Crippen molar-refractivity contribution in [2.45, 2.75) is 50.3 Å². The number of ether oxygens (including phenoxy) is 1. The van der Waals surface area contributed by atoms with Crippen LogP contribution in [0.15, 0.2) is 29.2 Å². The van der Waals surface area contributed by atoms with Gasteiger partial charge in [-0.2, -0.15) is 0 Å². The van der Waals surface area contributed by atoms with Gasteiger partial charge < -0.3 is 4.74 Å². The zero-order valence-electron chi connectivity index (χ0n) is 17.0. The minimum atomic E-state index is -3.94. The second kappa shape index (κ2) is 12.1. The van der Waals surface area contributed by atoms with Crippen molar-refractivity contribution in [3.63, 3.8) is 0 Å². The molecule has 1 unspecified atom stereocenters. The van der Waals surface area contributed by atoms with Crippen molar-refractivity contribution in [1.82, 2.24) is 5.48 Å². The Hall–Kier alpha value is -1.65. The number of methoxy groups -OCH3 is 1. The van der Waals surface area contributed by atoms with E-state index in [0.717, 1.165) is 32.1 Å². The molecule has 0 saturated heterocycles. The molecule has 0 spiro atoms. The molecule has 29 heavy (non-hydrogen) atoms. The first-order valence-electron chi connectivity index (χ1n) is 9.66. The van der Waals surface area contributed by atoms with Crippen LogP contribution in [0.25, 0.3) is 0 Å². The summed E-state index contributed by atoms with van der Waals surface area (Å²) in [5.41, 5.74) is 1.38. The lowest BCUT2D eigenvalue weighted by molar-refractivity contribution is -0.132. The van der Waals surface area contributed by atoms with Crippen LogP contribution in [0.4, 0.5) is 0 Å². The van der Waals surface area contributed by atoms with Gasteiger partial charge in [0.15, 0.2) is 19.7 Å². The smallest absolute Gasteiger partial charge is 0.248 e. The van der Waals surface area contributed by atoms with Crippen LogP contribution in [0, 0.1) is 5.92 Å². The first kappa shape index (κ1) is 25.4. The van der Waals surface area contributed by atoms with Crippen LogP contribution in [0.2, 0.25) is 0 Å². The highest BCUT2D eigenvalue weighted by atomic mass is 32.2. The Kier molecular flexibility index (Phi) is 10.6. The fraction of sp³-hybridized carbons (Fsp3) is 0.632. The first-order valence-corrected chi connectivity index (χ1v) is 13.1. The molecule has 166 valence electrons. The van der Waals surface area contributed by atoms with E-state index in [1.165, 1.54) is 36.9 Å². The minimum Gasteiger partial charge on any atom is -0.497 e. The molecule has 0 radical (unpaired) electrons. The van der Waals surface area contributed by atoms with Crippen LogP contribution < -0.4 is 10.2 Å². The van der Waals surface area contributed by atoms with Crippen molar-refractivity contribution >= 4 is 25.6 Å². The lowest BCUT2D eigenvalue weighted by Crippen LogP contribution is -2.38. The molecule has 0 heterocycles. The maximum absolute atomic E-state index is 12.6. The Morgan fingerprint density at radius 2 is 1.59 bits per heavy atom. The van der Waals surface area contributed by atoms with Crippen molar-refractivity contribution in [3.8, 4) is 5.75 Å². The second-order valence-electron chi connectivity index (χ2n) is 7.01. The summed E-state index contributed by atoms with van der Waals surface area (Å²) < 4.78 is 55.0. The summed E-state index contributed by atoms with van der Waals surface area (Å²) >= 11 is 0. The van der Waals surface area contributed by atoms with Crippen LogP contribution in [0.3, 0.4) is 0 Å². The van der Waals surface area contributed by atoms with Crippen molar-refractivity contribution < 1.29 is 31.6 Å². The van der Waals surface area contributed by atoms with Gasteiger partial charge in [0.1, 0.15) is 5.75 Å². The molecule has 0 aliphatic heterocycles. The molecular formula is C19H31NO7S2. The number of carbonyl (C=O) groups is 1. The highest BCUT2D eigenvalue weighted by Crippen LogP contribution is 2.20. The molecule has 0 fully saturated rings. The second-order valence-corrected chi connectivity index (χ2v) is 11.3. The molecule has 0 aliphatic carbocycles. The Labute approximate surface area is 173 Å². The molecule has 0 saturated carbocycles. The molecule has 8 nitrogen and oxygen atoms in total. The number of nitrogens with one attached hydrogen (secondary N) is 1. The van der Waals surface area contributed by atoms with E-state index in [4.69, 9.17) is 9.94 Å². The summed E-state index contributed by atoms with van der Waals surface area (Å²) in [6.07, 6.45) is 5.42. The van der Waals surface area contributed by atoms with E-state index in [2.05, 4.69) is 6.92 Å². The molecule has 1 amide bonds. The molecule has 1 aromatic carbocycles. The fourth-order valence-corrected chi connectivity index (χ4v) is 6.31. The van der Waals surface area contributed by atoms with E-state index >= 15 is 0 Å². The predicted octanol–water partition coefficient (Wildman–Crippen LogP) is 2.37. The van der Waals surface area contributed by atoms with E-state index in [1.54, 1.807) is 0 Å². The highest BCUT2D eigenvalue weighted by Gasteiger charge is 2.31. The largest absolute Gasteiger partial charge is 0.497 e.